The number of nitrogens with zero attached hydrogens (tertiary/aromatic N) is 3. The molecule has 2 aromatic rings. The number of carbonyl (C=O) groups excluding carboxylic acids is 1. The molecule has 128 valence electrons. The van der Waals surface area contributed by atoms with Gasteiger partial charge in [-0.1, -0.05) is 28.8 Å². The SMILES string of the molecule is O=C(CO)N1CCC2=C(C1)c1c(-c3cncnc3)cc(Cl)c(Cl)c1C2. The predicted molar refractivity (Wildman–Crippen MR) is 96.4 cm³/mol. The molecule has 2 aliphatic rings. The van der Waals surface area contributed by atoms with Crippen molar-refractivity contribution in [3.05, 3.63) is 51.5 Å². The van der Waals surface area contributed by atoms with Crippen LogP contribution >= 0.6 is 23.2 Å². The molecule has 0 atom stereocenters. The van der Waals surface area contributed by atoms with E-state index in [1.165, 1.54) is 11.9 Å². The number of amides is 1. The zero-order valence-corrected chi connectivity index (χ0v) is 14.8. The summed E-state index contributed by atoms with van der Waals surface area (Å²) in [6, 6.07) is 1.84. The summed E-state index contributed by atoms with van der Waals surface area (Å²) >= 11 is 12.8. The molecule has 1 aromatic carbocycles. The summed E-state index contributed by atoms with van der Waals surface area (Å²) in [4.78, 5) is 21.8. The van der Waals surface area contributed by atoms with Gasteiger partial charge in [-0.2, -0.15) is 0 Å². The van der Waals surface area contributed by atoms with Crippen LogP contribution in [0.4, 0.5) is 0 Å². The smallest absolute Gasteiger partial charge is 0.248 e. The molecule has 1 aromatic heterocycles. The van der Waals surface area contributed by atoms with E-state index in [1.807, 2.05) is 6.07 Å². The summed E-state index contributed by atoms with van der Waals surface area (Å²) < 4.78 is 0. The van der Waals surface area contributed by atoms with Crippen molar-refractivity contribution in [1.29, 1.82) is 0 Å². The first-order valence-electron chi connectivity index (χ1n) is 7.96. The largest absolute Gasteiger partial charge is 0.387 e. The number of benzene rings is 1. The molecule has 2 heterocycles. The lowest BCUT2D eigenvalue weighted by Crippen LogP contribution is -2.37. The van der Waals surface area contributed by atoms with Crippen molar-refractivity contribution in [2.24, 2.45) is 0 Å². The average molecular weight is 376 g/mol. The molecule has 1 amide bonds. The van der Waals surface area contributed by atoms with Crippen LogP contribution in [0.5, 0.6) is 0 Å². The van der Waals surface area contributed by atoms with E-state index in [0.29, 0.717) is 23.1 Å². The Hall–Kier alpha value is -1.95. The first-order chi connectivity index (χ1) is 12.1. The van der Waals surface area contributed by atoms with Crippen molar-refractivity contribution in [2.75, 3.05) is 19.7 Å². The van der Waals surface area contributed by atoms with Crippen LogP contribution in [0.1, 0.15) is 17.5 Å². The summed E-state index contributed by atoms with van der Waals surface area (Å²) in [5.74, 6) is -0.260. The number of halogens is 2. The zero-order valence-electron chi connectivity index (χ0n) is 13.3. The second-order valence-electron chi connectivity index (χ2n) is 6.18. The molecule has 0 radical (unpaired) electrons. The van der Waals surface area contributed by atoms with Crippen molar-refractivity contribution < 1.29 is 9.90 Å². The second-order valence-corrected chi connectivity index (χ2v) is 6.97. The maximum atomic E-state index is 11.9. The summed E-state index contributed by atoms with van der Waals surface area (Å²) in [6.45, 7) is 0.609. The number of aliphatic hydroxyl groups is 1. The van der Waals surface area contributed by atoms with Gasteiger partial charge in [0.2, 0.25) is 5.91 Å². The minimum atomic E-state index is -0.476. The van der Waals surface area contributed by atoms with E-state index in [1.54, 1.807) is 17.3 Å². The Bertz CT molecular complexity index is 897. The van der Waals surface area contributed by atoms with E-state index in [9.17, 15) is 9.90 Å². The Morgan fingerprint density at radius 1 is 1.28 bits per heavy atom. The van der Waals surface area contributed by atoms with Crippen molar-refractivity contribution in [2.45, 2.75) is 12.8 Å². The molecular formula is C18H15Cl2N3O2. The highest BCUT2D eigenvalue weighted by Gasteiger charge is 2.33. The van der Waals surface area contributed by atoms with Gasteiger partial charge in [-0.15, -0.1) is 0 Å². The van der Waals surface area contributed by atoms with Gasteiger partial charge in [0, 0.05) is 31.0 Å². The Labute approximate surface area is 154 Å². The van der Waals surface area contributed by atoms with E-state index >= 15 is 0 Å². The predicted octanol–water partition coefficient (Wildman–Crippen LogP) is 2.98. The summed E-state index contributed by atoms with van der Waals surface area (Å²) in [7, 11) is 0. The molecule has 0 saturated carbocycles. The molecule has 25 heavy (non-hydrogen) atoms. The van der Waals surface area contributed by atoms with Gasteiger partial charge in [0.1, 0.15) is 12.9 Å². The van der Waals surface area contributed by atoms with Gasteiger partial charge in [-0.25, -0.2) is 9.97 Å². The molecule has 0 saturated heterocycles. The van der Waals surface area contributed by atoms with Gasteiger partial charge in [0.05, 0.1) is 10.0 Å². The third-order valence-corrected chi connectivity index (χ3v) is 5.65. The fourth-order valence-corrected chi connectivity index (χ4v) is 4.07. The molecular weight excluding hydrogens is 361 g/mol. The summed E-state index contributed by atoms with van der Waals surface area (Å²) in [6.07, 6.45) is 6.48. The summed E-state index contributed by atoms with van der Waals surface area (Å²) in [5, 5.41) is 10.2. The number of fused-ring (bicyclic) bond motifs is 2. The maximum Gasteiger partial charge on any atom is 0.248 e. The van der Waals surface area contributed by atoms with Gasteiger partial charge in [-0.3, -0.25) is 4.79 Å². The summed E-state index contributed by atoms with van der Waals surface area (Å²) in [5.41, 5.74) is 6.18. The lowest BCUT2D eigenvalue weighted by atomic mass is 9.93. The molecule has 1 aliphatic carbocycles. The Morgan fingerprint density at radius 3 is 2.76 bits per heavy atom. The topological polar surface area (TPSA) is 66.3 Å². The lowest BCUT2D eigenvalue weighted by Gasteiger charge is -2.28. The Balaban J connectivity index is 1.87. The van der Waals surface area contributed by atoms with Gasteiger partial charge in [0.15, 0.2) is 0 Å². The molecule has 5 nitrogen and oxygen atoms in total. The van der Waals surface area contributed by atoms with Crippen LogP contribution in [0.15, 0.2) is 30.4 Å². The maximum absolute atomic E-state index is 11.9. The van der Waals surface area contributed by atoms with E-state index in [-0.39, 0.29) is 5.91 Å². The lowest BCUT2D eigenvalue weighted by molar-refractivity contribution is -0.133. The van der Waals surface area contributed by atoms with E-state index < -0.39 is 6.61 Å². The highest BCUT2D eigenvalue weighted by Crippen LogP contribution is 2.47. The molecule has 1 N–H and O–H groups in total. The molecule has 0 unspecified atom stereocenters. The first kappa shape index (κ1) is 16.5. The first-order valence-corrected chi connectivity index (χ1v) is 8.72. The molecule has 7 heteroatoms. The van der Waals surface area contributed by atoms with Gasteiger partial charge in [-0.05, 0) is 41.2 Å². The van der Waals surface area contributed by atoms with Gasteiger partial charge >= 0.3 is 0 Å². The number of hydrogen-bond donors (Lipinski definition) is 1. The molecule has 0 bridgehead atoms. The molecule has 4 rings (SSSR count). The Kier molecular flexibility index (Phi) is 4.23. The second kappa shape index (κ2) is 6.41. The third kappa shape index (κ3) is 2.72. The van der Waals surface area contributed by atoms with Crippen LogP contribution in [0.25, 0.3) is 16.7 Å². The number of hydrogen-bond acceptors (Lipinski definition) is 4. The van der Waals surface area contributed by atoms with Gasteiger partial charge < -0.3 is 10.0 Å². The van der Waals surface area contributed by atoms with Crippen LogP contribution in [-0.4, -0.2) is 45.6 Å². The fraction of sp³-hybridized carbons (Fsp3) is 0.278. The zero-order chi connectivity index (χ0) is 17.6. The minimum absolute atomic E-state index is 0.260. The standard InChI is InChI=1S/C18H15Cl2N3O2/c19-15-4-12(11-5-21-9-22-6-11)17-13(18(15)20)3-10-1-2-23(7-14(10)17)16(25)8-24/h4-6,9,24H,1-3,7-8H2. The normalized spacial score (nSPS) is 16.0. The van der Waals surface area contributed by atoms with Crippen LogP contribution in [-0.2, 0) is 11.2 Å². The highest BCUT2D eigenvalue weighted by molar-refractivity contribution is 6.43. The van der Waals surface area contributed by atoms with Crippen LogP contribution < -0.4 is 0 Å². The monoisotopic (exact) mass is 375 g/mol. The highest BCUT2D eigenvalue weighted by atomic mass is 35.5. The van der Waals surface area contributed by atoms with Crippen molar-refractivity contribution >= 4 is 34.7 Å². The average Bonchev–Trinajstić information content (AvgIpc) is 3.03. The minimum Gasteiger partial charge on any atom is -0.387 e. The van der Waals surface area contributed by atoms with Crippen LogP contribution in [0.3, 0.4) is 0 Å². The number of carbonyl (C=O) groups is 1. The van der Waals surface area contributed by atoms with Crippen molar-refractivity contribution in [1.82, 2.24) is 14.9 Å². The van der Waals surface area contributed by atoms with Gasteiger partial charge in [0.25, 0.3) is 0 Å². The third-order valence-electron chi connectivity index (χ3n) is 4.83. The number of aliphatic hydroxyl groups excluding tert-OH is 1. The van der Waals surface area contributed by atoms with Crippen molar-refractivity contribution in [3.63, 3.8) is 0 Å². The molecule has 1 aliphatic heterocycles. The molecule has 0 fully saturated rings. The van der Waals surface area contributed by atoms with E-state index in [4.69, 9.17) is 23.2 Å². The van der Waals surface area contributed by atoms with Crippen molar-refractivity contribution in [3.8, 4) is 11.1 Å². The quantitative estimate of drug-likeness (QED) is 0.875. The number of rotatable bonds is 2. The Morgan fingerprint density at radius 2 is 2.04 bits per heavy atom. The van der Waals surface area contributed by atoms with E-state index in [2.05, 4.69) is 9.97 Å². The number of aromatic nitrogens is 2. The van der Waals surface area contributed by atoms with Crippen LogP contribution in [0.2, 0.25) is 10.0 Å². The molecule has 0 spiro atoms. The van der Waals surface area contributed by atoms with E-state index in [0.717, 1.165) is 40.7 Å². The fourth-order valence-electron chi connectivity index (χ4n) is 3.63. The van der Waals surface area contributed by atoms with Crippen LogP contribution in [0, 0.1) is 0 Å².